The number of methoxy groups -OCH3 is 3. The van der Waals surface area contributed by atoms with Crippen molar-refractivity contribution in [3.05, 3.63) is 85.0 Å². The minimum atomic E-state index is -0.452. The number of aromatic nitrogens is 1. The van der Waals surface area contributed by atoms with Crippen molar-refractivity contribution in [3.8, 4) is 28.7 Å². The zero-order chi connectivity index (χ0) is 30.8. The van der Waals surface area contributed by atoms with E-state index in [0.29, 0.717) is 56.4 Å². The number of fused-ring (bicyclic) bond motifs is 1. The number of aromatic hydroxyl groups is 1. The van der Waals surface area contributed by atoms with E-state index in [1.54, 1.807) is 0 Å². The molecule has 8 nitrogen and oxygen atoms in total. The first-order valence-corrected chi connectivity index (χ1v) is 14.3. The molecule has 0 aliphatic heterocycles. The van der Waals surface area contributed by atoms with E-state index in [0.717, 1.165) is 27.4 Å². The second-order valence-electron chi connectivity index (χ2n) is 11.6. The van der Waals surface area contributed by atoms with Gasteiger partial charge in [-0.15, -0.1) is 0 Å². The number of rotatable bonds is 5. The van der Waals surface area contributed by atoms with Crippen LogP contribution in [0.25, 0.3) is 59.6 Å². The van der Waals surface area contributed by atoms with Crippen molar-refractivity contribution in [2.24, 2.45) is 0 Å². The van der Waals surface area contributed by atoms with Crippen molar-refractivity contribution in [1.29, 1.82) is 0 Å². The smallest absolute Gasteiger partial charge is 0.207 e. The topological polar surface area (TPSA) is 109 Å². The molecule has 0 radical (unpaired) electrons. The first-order chi connectivity index (χ1) is 21.2. The van der Waals surface area contributed by atoms with Crippen molar-refractivity contribution in [3.63, 3.8) is 0 Å². The maximum absolute atomic E-state index is 14.7. The van der Waals surface area contributed by atoms with Crippen molar-refractivity contribution in [1.82, 2.24) is 0 Å². The first kappa shape index (κ1) is 26.3. The van der Waals surface area contributed by atoms with Crippen LogP contribution >= 0.6 is 0 Å². The highest BCUT2D eigenvalue weighted by Gasteiger charge is 2.35. The van der Waals surface area contributed by atoms with Crippen LogP contribution in [0.15, 0.2) is 52.1 Å². The van der Waals surface area contributed by atoms with Crippen LogP contribution in [0, 0.1) is 6.92 Å². The maximum atomic E-state index is 14.7. The Bertz CT molecular complexity index is 2580. The van der Waals surface area contributed by atoms with Crippen LogP contribution in [0.1, 0.15) is 23.7 Å². The molecule has 7 aromatic rings. The highest BCUT2D eigenvalue weighted by Crippen LogP contribution is 2.54. The number of benzene rings is 6. The monoisotopic (exact) mass is 585 g/mol. The van der Waals surface area contributed by atoms with Crippen molar-refractivity contribution >= 4 is 59.6 Å². The van der Waals surface area contributed by atoms with Crippen LogP contribution in [0.3, 0.4) is 0 Å². The second-order valence-corrected chi connectivity index (χ2v) is 11.6. The molecule has 0 bridgehead atoms. The summed E-state index contributed by atoms with van der Waals surface area (Å²) in [4.78, 5) is 27.6. The van der Waals surface area contributed by atoms with Crippen LogP contribution in [-0.2, 0) is 13.0 Å². The lowest BCUT2D eigenvalue weighted by Gasteiger charge is -2.23. The van der Waals surface area contributed by atoms with Crippen LogP contribution < -0.4 is 40.0 Å². The van der Waals surface area contributed by atoms with E-state index in [2.05, 4.69) is 0 Å². The molecule has 0 fully saturated rings. The van der Waals surface area contributed by atoms with E-state index < -0.39 is 10.9 Å². The second kappa shape index (κ2) is 8.83. The minimum absolute atomic E-state index is 0.0475. The van der Waals surface area contributed by atoms with Gasteiger partial charge in [-0.25, -0.2) is 0 Å². The number of ether oxygens (including phenoxy) is 3. The van der Waals surface area contributed by atoms with Gasteiger partial charge < -0.3 is 24.4 Å². The van der Waals surface area contributed by atoms with Gasteiger partial charge in [0.25, 0.3) is 0 Å². The Balaban J connectivity index is 1.82. The van der Waals surface area contributed by atoms with Gasteiger partial charge in [0.05, 0.1) is 37.3 Å². The van der Waals surface area contributed by atoms with Crippen LogP contribution in [0.5, 0.6) is 28.7 Å². The van der Waals surface area contributed by atoms with Gasteiger partial charge in [0, 0.05) is 62.5 Å². The third-order valence-electron chi connectivity index (χ3n) is 9.45. The number of phenols is 1. The molecule has 8 heteroatoms. The summed E-state index contributed by atoms with van der Waals surface area (Å²) in [6.07, 6.45) is 0.381. The third kappa shape index (κ3) is 2.99. The van der Waals surface area contributed by atoms with Crippen molar-refractivity contribution in [2.45, 2.75) is 26.8 Å². The van der Waals surface area contributed by atoms with Crippen molar-refractivity contribution in [2.75, 3.05) is 21.3 Å². The van der Waals surface area contributed by atoms with Crippen LogP contribution in [-0.4, -0.2) is 26.4 Å². The zero-order valence-electron chi connectivity index (χ0n) is 24.8. The molecular formula is C36H27NO7. The van der Waals surface area contributed by atoms with Gasteiger partial charge in [0.15, 0.2) is 34.6 Å². The molecule has 0 amide bonds. The molecule has 0 saturated carbocycles. The molecule has 44 heavy (non-hydrogen) atoms. The van der Waals surface area contributed by atoms with Crippen LogP contribution in [0.4, 0.5) is 0 Å². The highest BCUT2D eigenvalue weighted by molar-refractivity contribution is 6.42. The van der Waals surface area contributed by atoms with E-state index in [1.165, 1.54) is 33.5 Å². The van der Waals surface area contributed by atoms with Gasteiger partial charge in [0.1, 0.15) is 11.5 Å². The Morgan fingerprint density at radius 3 is 1.98 bits per heavy atom. The van der Waals surface area contributed by atoms with E-state index in [1.807, 2.05) is 48.7 Å². The number of nitrogens with zero attached hydrogens (tertiary/aromatic N) is 1. The molecule has 1 aliphatic rings. The fraction of sp³-hybridized carbons (Fsp3) is 0.194. The summed E-state index contributed by atoms with van der Waals surface area (Å²) in [6, 6.07) is 12.5. The SMILES string of the molecule is COc1c(O)c2c(=O)cc(OC)c3c4c(OC)cc(=O)c5c([O-])c6c7c(c(C)[n+]6Cc6ccccc6)=C(C)Cc1c(c23)c7c54. The van der Waals surface area contributed by atoms with Crippen LogP contribution in [0.2, 0.25) is 0 Å². The minimum Gasteiger partial charge on any atom is -0.867 e. The molecule has 0 saturated heterocycles. The van der Waals surface area contributed by atoms with E-state index >= 15 is 0 Å². The third-order valence-corrected chi connectivity index (χ3v) is 9.45. The van der Waals surface area contributed by atoms with E-state index in [9.17, 15) is 19.8 Å². The molecular weight excluding hydrogens is 558 g/mol. The van der Waals surface area contributed by atoms with Gasteiger partial charge in [-0.2, -0.15) is 4.57 Å². The lowest BCUT2D eigenvalue weighted by atomic mass is 9.84. The molecule has 1 heterocycles. The molecule has 8 rings (SSSR count). The number of hydrogen-bond acceptors (Lipinski definition) is 7. The van der Waals surface area contributed by atoms with Gasteiger partial charge in [-0.05, 0) is 24.5 Å². The van der Waals surface area contributed by atoms with Gasteiger partial charge in [0.2, 0.25) is 5.52 Å². The summed E-state index contributed by atoms with van der Waals surface area (Å²) in [5, 5.41) is 31.3. The lowest BCUT2D eigenvalue weighted by molar-refractivity contribution is -0.668. The lowest BCUT2D eigenvalue weighted by Crippen LogP contribution is -2.38. The quantitative estimate of drug-likeness (QED) is 0.185. The predicted octanol–water partition coefficient (Wildman–Crippen LogP) is 3.94. The summed E-state index contributed by atoms with van der Waals surface area (Å²) < 4.78 is 19.4. The van der Waals surface area contributed by atoms with Gasteiger partial charge in [-0.1, -0.05) is 35.9 Å². The molecule has 0 unspecified atom stereocenters. The van der Waals surface area contributed by atoms with E-state index in [-0.39, 0.29) is 39.5 Å². The Labute approximate surface area is 250 Å². The molecule has 0 spiro atoms. The summed E-state index contributed by atoms with van der Waals surface area (Å²) in [5.74, 6) is 0.0929. The average Bonchev–Trinajstić information content (AvgIpc) is 3.22. The molecule has 1 N–H and O–H groups in total. The Morgan fingerprint density at radius 1 is 0.773 bits per heavy atom. The molecule has 6 aromatic carbocycles. The predicted molar refractivity (Wildman–Crippen MR) is 168 cm³/mol. The molecule has 0 atom stereocenters. The largest absolute Gasteiger partial charge is 0.867 e. The summed E-state index contributed by atoms with van der Waals surface area (Å²) in [5.41, 5.74) is 3.09. The summed E-state index contributed by atoms with van der Waals surface area (Å²) in [7, 11) is 4.39. The molecule has 218 valence electrons. The zero-order valence-corrected chi connectivity index (χ0v) is 24.8. The molecule has 1 aliphatic carbocycles. The first-order valence-electron chi connectivity index (χ1n) is 14.3. The van der Waals surface area contributed by atoms with Gasteiger partial charge in [-0.3, -0.25) is 9.59 Å². The van der Waals surface area contributed by atoms with E-state index in [4.69, 9.17) is 14.2 Å². The highest BCUT2D eigenvalue weighted by atomic mass is 16.5. The number of hydrogen-bond donors (Lipinski definition) is 1. The van der Waals surface area contributed by atoms with Crippen molar-refractivity contribution < 1.29 is 29.0 Å². The Hall–Kier alpha value is -5.37. The molecule has 1 aromatic heterocycles. The standard InChI is InChI=1S/C36H27NO7/c1-15-11-18-24-29-26(35(41)36(18)44-5)20(39)13-21(42-3)27(29)28-22(43-4)12-19(38)25-31(28)30(24)32-23(15)16(2)37(33(32)34(25)40)14-17-9-7-6-8-10-17/h6-10,12-13H,11,14H2,1-5H3,(H-,38,39,40,41). The summed E-state index contributed by atoms with van der Waals surface area (Å²) in [6.45, 7) is 4.44. The Morgan fingerprint density at radius 2 is 1.36 bits per heavy atom. The average molecular weight is 586 g/mol. The normalized spacial score (nSPS) is 13.0. The fourth-order valence-corrected chi connectivity index (χ4v) is 7.78. The Kier molecular flexibility index (Phi) is 5.27. The summed E-state index contributed by atoms with van der Waals surface area (Å²) >= 11 is 0. The maximum Gasteiger partial charge on any atom is 0.207 e. The van der Waals surface area contributed by atoms with Gasteiger partial charge >= 0.3 is 0 Å². The number of phenolic OH excluding ortho intramolecular Hbond substituents is 1. The fourth-order valence-electron chi connectivity index (χ4n) is 7.78.